The van der Waals surface area contributed by atoms with E-state index in [4.69, 9.17) is 4.74 Å². The standard InChI is InChI=1S/C19H22O2S/c1-19(2,3)15-5-7-18(8-6-15)22-10-9-14-11-16(20)13-17(12-14)21-4/h5-13,20H,1-4H3/b10-9+. The summed E-state index contributed by atoms with van der Waals surface area (Å²) in [6.07, 6.45) is 1.96. The van der Waals surface area contributed by atoms with Crippen LogP contribution in [-0.2, 0) is 5.41 Å². The van der Waals surface area contributed by atoms with Crippen molar-refractivity contribution in [2.24, 2.45) is 0 Å². The van der Waals surface area contributed by atoms with E-state index >= 15 is 0 Å². The fourth-order valence-corrected chi connectivity index (χ4v) is 2.72. The zero-order valence-corrected chi connectivity index (χ0v) is 14.3. The second-order valence-corrected chi connectivity index (χ2v) is 7.14. The Morgan fingerprint density at radius 1 is 1.05 bits per heavy atom. The highest BCUT2D eigenvalue weighted by molar-refractivity contribution is 8.02. The molecule has 0 aliphatic carbocycles. The van der Waals surface area contributed by atoms with E-state index in [2.05, 4.69) is 45.0 Å². The Morgan fingerprint density at radius 2 is 1.73 bits per heavy atom. The zero-order valence-electron chi connectivity index (χ0n) is 13.5. The summed E-state index contributed by atoms with van der Waals surface area (Å²) < 4.78 is 5.14. The van der Waals surface area contributed by atoms with Gasteiger partial charge in [-0.1, -0.05) is 44.7 Å². The van der Waals surface area contributed by atoms with Crippen LogP contribution in [-0.4, -0.2) is 12.2 Å². The molecular weight excluding hydrogens is 292 g/mol. The van der Waals surface area contributed by atoms with Crippen molar-refractivity contribution in [1.82, 2.24) is 0 Å². The molecule has 0 aliphatic heterocycles. The number of ether oxygens (including phenoxy) is 1. The molecule has 0 heterocycles. The molecule has 0 unspecified atom stereocenters. The van der Waals surface area contributed by atoms with Crippen LogP contribution in [0, 0.1) is 0 Å². The molecule has 0 fully saturated rings. The Hall–Kier alpha value is -1.87. The average Bonchev–Trinajstić information content (AvgIpc) is 2.46. The van der Waals surface area contributed by atoms with Crippen LogP contribution in [0.2, 0.25) is 0 Å². The van der Waals surface area contributed by atoms with Gasteiger partial charge in [-0.2, -0.15) is 0 Å². The lowest BCUT2D eigenvalue weighted by Crippen LogP contribution is -2.10. The lowest BCUT2D eigenvalue weighted by Gasteiger charge is -2.18. The molecular formula is C19H22O2S. The SMILES string of the molecule is COc1cc(O)cc(/C=C/Sc2ccc(C(C)(C)C)cc2)c1. The fourth-order valence-electron chi connectivity index (χ4n) is 2.04. The second kappa shape index (κ2) is 6.93. The molecule has 0 spiro atoms. The Bertz CT molecular complexity index is 652. The van der Waals surface area contributed by atoms with Gasteiger partial charge < -0.3 is 9.84 Å². The summed E-state index contributed by atoms with van der Waals surface area (Å²) in [5, 5.41) is 11.6. The Morgan fingerprint density at radius 3 is 2.32 bits per heavy atom. The molecule has 3 heteroatoms. The summed E-state index contributed by atoms with van der Waals surface area (Å²) in [5.41, 5.74) is 2.42. The molecule has 2 nitrogen and oxygen atoms in total. The zero-order chi connectivity index (χ0) is 16.2. The van der Waals surface area contributed by atoms with Gasteiger partial charge in [-0.25, -0.2) is 0 Å². The second-order valence-electron chi connectivity index (χ2n) is 6.16. The minimum atomic E-state index is 0.178. The Balaban J connectivity index is 2.05. The average molecular weight is 314 g/mol. The van der Waals surface area contributed by atoms with Crippen LogP contribution in [0.25, 0.3) is 6.08 Å². The van der Waals surface area contributed by atoms with E-state index in [-0.39, 0.29) is 11.2 Å². The molecule has 22 heavy (non-hydrogen) atoms. The van der Waals surface area contributed by atoms with Crippen LogP contribution in [0.3, 0.4) is 0 Å². The minimum Gasteiger partial charge on any atom is -0.508 e. The molecule has 0 aliphatic rings. The molecule has 0 amide bonds. The number of thioether (sulfide) groups is 1. The highest BCUT2D eigenvalue weighted by Gasteiger charge is 2.12. The first kappa shape index (κ1) is 16.5. The quantitative estimate of drug-likeness (QED) is 0.760. The first-order valence-corrected chi connectivity index (χ1v) is 8.08. The first-order chi connectivity index (χ1) is 10.4. The number of rotatable bonds is 4. The molecule has 0 aromatic heterocycles. The lowest BCUT2D eigenvalue weighted by atomic mass is 9.87. The van der Waals surface area contributed by atoms with Gasteiger partial charge in [-0.3, -0.25) is 0 Å². The third-order valence-corrected chi connectivity index (χ3v) is 4.15. The molecule has 116 valence electrons. The van der Waals surface area contributed by atoms with Gasteiger partial charge in [0.15, 0.2) is 0 Å². The van der Waals surface area contributed by atoms with E-state index in [9.17, 15) is 5.11 Å². The Labute approximate surface area is 136 Å². The van der Waals surface area contributed by atoms with E-state index in [1.54, 1.807) is 31.0 Å². The van der Waals surface area contributed by atoms with Crippen molar-refractivity contribution in [2.45, 2.75) is 31.1 Å². The van der Waals surface area contributed by atoms with E-state index in [0.717, 1.165) is 5.56 Å². The van der Waals surface area contributed by atoms with Crippen molar-refractivity contribution in [3.8, 4) is 11.5 Å². The number of hydrogen-bond donors (Lipinski definition) is 1. The van der Waals surface area contributed by atoms with Crippen LogP contribution in [0.5, 0.6) is 11.5 Å². The summed E-state index contributed by atoms with van der Waals surface area (Å²) >= 11 is 1.65. The minimum absolute atomic E-state index is 0.178. The highest BCUT2D eigenvalue weighted by atomic mass is 32.2. The topological polar surface area (TPSA) is 29.5 Å². The maximum absolute atomic E-state index is 9.63. The van der Waals surface area contributed by atoms with Gasteiger partial charge in [0.25, 0.3) is 0 Å². The number of phenolic OH excluding ortho intramolecular Hbond substituents is 1. The lowest BCUT2D eigenvalue weighted by molar-refractivity contribution is 0.407. The molecule has 0 saturated carbocycles. The molecule has 0 radical (unpaired) electrons. The van der Waals surface area contributed by atoms with E-state index in [1.165, 1.54) is 10.5 Å². The molecule has 1 N–H and O–H groups in total. The third kappa shape index (κ3) is 4.57. The van der Waals surface area contributed by atoms with E-state index < -0.39 is 0 Å². The number of methoxy groups -OCH3 is 1. The van der Waals surface area contributed by atoms with Crippen molar-refractivity contribution in [1.29, 1.82) is 0 Å². The Kier molecular flexibility index (Phi) is 5.19. The number of phenols is 1. The summed E-state index contributed by atoms with van der Waals surface area (Å²) in [5.74, 6) is 0.859. The maximum atomic E-state index is 9.63. The fraction of sp³-hybridized carbons (Fsp3) is 0.263. The van der Waals surface area contributed by atoms with Gasteiger partial charge in [0, 0.05) is 11.0 Å². The molecule has 2 aromatic rings. The van der Waals surface area contributed by atoms with Gasteiger partial charge in [-0.15, -0.1) is 0 Å². The molecule has 2 rings (SSSR count). The van der Waals surface area contributed by atoms with Gasteiger partial charge in [0.05, 0.1) is 7.11 Å². The third-order valence-electron chi connectivity index (χ3n) is 3.33. The monoisotopic (exact) mass is 314 g/mol. The molecule has 0 atom stereocenters. The van der Waals surface area contributed by atoms with Gasteiger partial charge in [0.1, 0.15) is 11.5 Å². The predicted molar refractivity (Wildman–Crippen MR) is 94.7 cm³/mol. The van der Waals surface area contributed by atoms with Gasteiger partial charge in [-0.05, 0) is 52.3 Å². The van der Waals surface area contributed by atoms with Crippen molar-refractivity contribution < 1.29 is 9.84 Å². The summed E-state index contributed by atoms with van der Waals surface area (Å²) in [6, 6.07) is 13.8. The van der Waals surface area contributed by atoms with Crippen LogP contribution in [0.1, 0.15) is 31.9 Å². The summed E-state index contributed by atoms with van der Waals surface area (Å²) in [4.78, 5) is 1.19. The molecule has 0 saturated heterocycles. The van der Waals surface area contributed by atoms with Crippen LogP contribution < -0.4 is 4.74 Å². The van der Waals surface area contributed by atoms with Crippen molar-refractivity contribution in [3.63, 3.8) is 0 Å². The number of hydrogen-bond acceptors (Lipinski definition) is 3. The van der Waals surface area contributed by atoms with Crippen LogP contribution in [0.15, 0.2) is 52.8 Å². The van der Waals surface area contributed by atoms with E-state index in [1.807, 2.05) is 17.6 Å². The van der Waals surface area contributed by atoms with Crippen molar-refractivity contribution >= 4 is 17.8 Å². The normalized spacial score (nSPS) is 11.8. The number of aromatic hydroxyl groups is 1. The smallest absolute Gasteiger partial charge is 0.123 e. The van der Waals surface area contributed by atoms with Gasteiger partial charge >= 0.3 is 0 Å². The highest BCUT2D eigenvalue weighted by Crippen LogP contribution is 2.27. The number of benzene rings is 2. The summed E-state index contributed by atoms with van der Waals surface area (Å²) in [7, 11) is 1.59. The largest absolute Gasteiger partial charge is 0.508 e. The van der Waals surface area contributed by atoms with Crippen LogP contribution >= 0.6 is 11.8 Å². The van der Waals surface area contributed by atoms with E-state index in [0.29, 0.717) is 5.75 Å². The first-order valence-electron chi connectivity index (χ1n) is 7.20. The van der Waals surface area contributed by atoms with Crippen LogP contribution in [0.4, 0.5) is 0 Å². The summed E-state index contributed by atoms with van der Waals surface area (Å²) in [6.45, 7) is 6.64. The molecule has 2 aromatic carbocycles. The van der Waals surface area contributed by atoms with Crippen molar-refractivity contribution in [3.05, 3.63) is 59.0 Å². The van der Waals surface area contributed by atoms with Gasteiger partial charge in [0.2, 0.25) is 0 Å². The predicted octanol–water partition coefficient (Wildman–Crippen LogP) is 5.46. The maximum Gasteiger partial charge on any atom is 0.123 e. The molecule has 0 bridgehead atoms. The van der Waals surface area contributed by atoms with Crippen molar-refractivity contribution in [2.75, 3.05) is 7.11 Å².